The average molecular weight is 305 g/mol. The largest absolute Gasteiger partial charge is 0.433 e. The zero-order valence-corrected chi connectivity index (χ0v) is 10.9. The van der Waals surface area contributed by atoms with Crippen LogP contribution in [0.2, 0.25) is 0 Å². The number of carbonyl (C=O) groups is 1. The maximum absolute atomic E-state index is 11.6. The molecule has 1 aromatic heterocycles. The van der Waals surface area contributed by atoms with E-state index in [1.165, 1.54) is 6.07 Å². The number of nitro groups is 1. The van der Waals surface area contributed by atoms with E-state index in [0.29, 0.717) is 12.5 Å². The predicted octanol–water partition coefficient (Wildman–Crippen LogP) is 2.34. The molecule has 7 heteroatoms. The Bertz CT molecular complexity index is 405. The quantitative estimate of drug-likeness (QED) is 0.496. The summed E-state index contributed by atoms with van der Waals surface area (Å²) in [5.74, 6) is -0.561. The molecule has 0 aromatic carbocycles. The highest BCUT2D eigenvalue weighted by Gasteiger charge is 2.17. The van der Waals surface area contributed by atoms with Gasteiger partial charge in [-0.3, -0.25) is 14.9 Å². The zero-order chi connectivity index (χ0) is 12.8. The van der Waals surface area contributed by atoms with Gasteiger partial charge in [-0.25, -0.2) is 0 Å². The van der Waals surface area contributed by atoms with Crippen LogP contribution in [0.4, 0.5) is 5.88 Å². The molecule has 1 aromatic rings. The summed E-state index contributed by atoms with van der Waals surface area (Å²) in [5, 5.41) is 13.9. The Kier molecular flexibility index (Phi) is 5.14. The van der Waals surface area contributed by atoms with Crippen LogP contribution in [0, 0.1) is 16.0 Å². The maximum atomic E-state index is 11.6. The van der Waals surface area contributed by atoms with Crippen LogP contribution in [0.25, 0.3) is 0 Å². The van der Waals surface area contributed by atoms with Crippen LogP contribution >= 0.6 is 15.9 Å². The smallest absolute Gasteiger partial charge is 0.395 e. The summed E-state index contributed by atoms with van der Waals surface area (Å²) < 4.78 is 4.78. The molecular formula is C10H13BrN2O4. The van der Waals surface area contributed by atoms with E-state index in [1.54, 1.807) is 0 Å². The Morgan fingerprint density at radius 1 is 1.65 bits per heavy atom. The molecular weight excluding hydrogens is 292 g/mol. The molecule has 0 bridgehead atoms. The number of halogens is 1. The highest BCUT2D eigenvalue weighted by molar-refractivity contribution is 9.09. The van der Waals surface area contributed by atoms with Crippen molar-refractivity contribution in [2.75, 3.05) is 11.9 Å². The van der Waals surface area contributed by atoms with Crippen molar-refractivity contribution in [2.24, 2.45) is 5.92 Å². The maximum Gasteiger partial charge on any atom is 0.433 e. The van der Waals surface area contributed by atoms with Crippen molar-refractivity contribution in [3.05, 3.63) is 28.0 Å². The predicted molar refractivity (Wildman–Crippen MR) is 65.3 cm³/mol. The monoisotopic (exact) mass is 304 g/mol. The number of rotatable bonds is 6. The lowest BCUT2D eigenvalue weighted by atomic mass is 10.1. The second-order valence-corrected chi connectivity index (χ2v) is 4.48. The molecule has 0 fully saturated rings. The van der Waals surface area contributed by atoms with Gasteiger partial charge in [0.2, 0.25) is 0 Å². The summed E-state index contributed by atoms with van der Waals surface area (Å²) in [5.41, 5.74) is 0. The Morgan fingerprint density at radius 2 is 2.35 bits per heavy atom. The molecule has 1 atom stereocenters. The van der Waals surface area contributed by atoms with Gasteiger partial charge in [0.15, 0.2) is 5.76 Å². The van der Waals surface area contributed by atoms with Gasteiger partial charge < -0.3 is 9.73 Å². The van der Waals surface area contributed by atoms with Gasteiger partial charge in [0.25, 0.3) is 5.91 Å². The average Bonchev–Trinajstić information content (AvgIpc) is 2.75. The molecule has 0 aliphatic heterocycles. The lowest BCUT2D eigenvalue weighted by Gasteiger charge is -2.09. The first-order valence-electron chi connectivity index (χ1n) is 5.13. The SMILES string of the molecule is CC(CCBr)CNC(=O)c1ccc([N+](=O)[O-])o1. The first kappa shape index (κ1) is 13.7. The van der Waals surface area contributed by atoms with Crippen LogP contribution < -0.4 is 5.32 Å². The number of carbonyl (C=O) groups excluding carboxylic acids is 1. The van der Waals surface area contributed by atoms with Crippen LogP contribution in [0.15, 0.2) is 16.5 Å². The lowest BCUT2D eigenvalue weighted by Crippen LogP contribution is -2.28. The minimum Gasteiger partial charge on any atom is -0.395 e. The van der Waals surface area contributed by atoms with E-state index in [4.69, 9.17) is 4.42 Å². The van der Waals surface area contributed by atoms with Crippen molar-refractivity contribution in [1.82, 2.24) is 5.32 Å². The summed E-state index contributed by atoms with van der Waals surface area (Å²) >= 11 is 3.32. The van der Waals surface area contributed by atoms with E-state index in [9.17, 15) is 14.9 Å². The summed E-state index contributed by atoms with van der Waals surface area (Å²) in [7, 11) is 0. The Balaban J connectivity index is 2.49. The molecule has 0 saturated heterocycles. The van der Waals surface area contributed by atoms with Gasteiger partial charge in [-0.05, 0) is 18.4 Å². The first-order chi connectivity index (χ1) is 8.04. The van der Waals surface area contributed by atoms with E-state index < -0.39 is 16.7 Å². The van der Waals surface area contributed by atoms with E-state index >= 15 is 0 Å². The highest BCUT2D eigenvalue weighted by atomic mass is 79.9. The van der Waals surface area contributed by atoms with Gasteiger partial charge in [-0.1, -0.05) is 22.9 Å². The summed E-state index contributed by atoms with van der Waals surface area (Å²) in [6, 6.07) is 2.46. The van der Waals surface area contributed by atoms with Crippen molar-refractivity contribution in [1.29, 1.82) is 0 Å². The van der Waals surface area contributed by atoms with Gasteiger partial charge in [-0.15, -0.1) is 0 Å². The van der Waals surface area contributed by atoms with Crippen molar-refractivity contribution >= 4 is 27.7 Å². The van der Waals surface area contributed by atoms with Gasteiger partial charge in [0.05, 0.1) is 6.07 Å². The van der Waals surface area contributed by atoms with Gasteiger partial charge >= 0.3 is 5.88 Å². The molecule has 17 heavy (non-hydrogen) atoms. The fraction of sp³-hybridized carbons (Fsp3) is 0.500. The molecule has 94 valence electrons. The molecule has 1 heterocycles. The van der Waals surface area contributed by atoms with Crippen LogP contribution in [-0.4, -0.2) is 22.7 Å². The molecule has 6 nitrogen and oxygen atoms in total. The Morgan fingerprint density at radius 3 is 2.88 bits per heavy atom. The number of nitrogens with zero attached hydrogens (tertiary/aromatic N) is 1. The summed E-state index contributed by atoms with van der Waals surface area (Å²) in [6.45, 7) is 2.52. The van der Waals surface area contributed by atoms with Gasteiger partial charge in [0.1, 0.15) is 4.92 Å². The first-order valence-corrected chi connectivity index (χ1v) is 6.25. The van der Waals surface area contributed by atoms with Crippen molar-refractivity contribution in [3.63, 3.8) is 0 Å². The number of amides is 1. The minimum atomic E-state index is -0.676. The Labute approximate surface area is 107 Å². The van der Waals surface area contributed by atoms with Gasteiger partial charge in [-0.2, -0.15) is 0 Å². The van der Waals surface area contributed by atoms with E-state index in [-0.39, 0.29) is 5.76 Å². The van der Waals surface area contributed by atoms with Crippen molar-refractivity contribution in [3.8, 4) is 0 Å². The molecule has 0 aliphatic rings. The van der Waals surface area contributed by atoms with Crippen LogP contribution in [-0.2, 0) is 0 Å². The molecule has 0 radical (unpaired) electrons. The van der Waals surface area contributed by atoms with Crippen LogP contribution in [0.3, 0.4) is 0 Å². The third kappa shape index (κ3) is 4.18. The molecule has 1 unspecified atom stereocenters. The molecule has 1 N–H and O–H groups in total. The molecule has 0 aliphatic carbocycles. The standard InChI is InChI=1S/C10H13BrN2O4/c1-7(4-5-11)6-12-10(14)8-2-3-9(17-8)13(15)16/h2-3,7H,4-6H2,1H3,(H,12,14). The van der Waals surface area contributed by atoms with E-state index in [1.807, 2.05) is 6.92 Å². The van der Waals surface area contributed by atoms with E-state index in [2.05, 4.69) is 21.2 Å². The number of alkyl halides is 1. The third-order valence-electron chi connectivity index (χ3n) is 2.21. The summed E-state index contributed by atoms with van der Waals surface area (Å²) in [4.78, 5) is 21.2. The summed E-state index contributed by atoms with van der Waals surface area (Å²) in [6.07, 6.45) is 0.943. The Hall–Kier alpha value is -1.37. The molecule has 0 spiro atoms. The van der Waals surface area contributed by atoms with Crippen LogP contribution in [0.1, 0.15) is 23.9 Å². The molecule has 1 rings (SSSR count). The van der Waals surface area contributed by atoms with Crippen molar-refractivity contribution in [2.45, 2.75) is 13.3 Å². The zero-order valence-electron chi connectivity index (χ0n) is 9.31. The van der Waals surface area contributed by atoms with Gasteiger partial charge in [0, 0.05) is 11.9 Å². The fourth-order valence-electron chi connectivity index (χ4n) is 1.19. The molecule has 0 saturated carbocycles. The number of furan rings is 1. The number of hydrogen-bond acceptors (Lipinski definition) is 4. The second-order valence-electron chi connectivity index (χ2n) is 3.69. The van der Waals surface area contributed by atoms with Crippen LogP contribution in [0.5, 0.6) is 0 Å². The fourth-order valence-corrected chi connectivity index (χ4v) is 1.97. The minimum absolute atomic E-state index is 0.0391. The third-order valence-corrected chi connectivity index (χ3v) is 2.67. The normalized spacial score (nSPS) is 12.1. The second kappa shape index (κ2) is 6.39. The van der Waals surface area contributed by atoms with Crippen molar-refractivity contribution < 1.29 is 14.1 Å². The van der Waals surface area contributed by atoms with E-state index in [0.717, 1.165) is 17.8 Å². The lowest BCUT2D eigenvalue weighted by molar-refractivity contribution is -0.402. The highest BCUT2D eigenvalue weighted by Crippen LogP contribution is 2.15. The number of hydrogen-bond donors (Lipinski definition) is 1. The topological polar surface area (TPSA) is 85.4 Å². The molecule has 1 amide bonds. The number of nitrogens with one attached hydrogen (secondary N) is 1.